The summed E-state index contributed by atoms with van der Waals surface area (Å²) in [6, 6.07) is 10.5. The smallest absolute Gasteiger partial charge is 0.253 e. The lowest BCUT2D eigenvalue weighted by atomic mass is 9.96. The van der Waals surface area contributed by atoms with Crippen molar-refractivity contribution in [1.29, 1.82) is 0 Å². The Labute approximate surface area is 173 Å². The lowest BCUT2D eigenvalue weighted by molar-refractivity contribution is 0.0684. The molecule has 2 aromatic carbocycles. The Balaban J connectivity index is 1.12. The zero-order chi connectivity index (χ0) is 20.5. The van der Waals surface area contributed by atoms with Gasteiger partial charge in [-0.05, 0) is 55.2 Å². The van der Waals surface area contributed by atoms with E-state index in [2.05, 4.69) is 5.32 Å². The fourth-order valence-electron chi connectivity index (χ4n) is 3.93. The van der Waals surface area contributed by atoms with Crippen molar-refractivity contribution in [1.82, 2.24) is 10.2 Å². The minimum absolute atomic E-state index is 0.00357. The number of hydrogen-bond donors (Lipinski definition) is 1. The Bertz CT molecular complexity index is 984. The lowest BCUT2D eigenvalue weighted by Gasteiger charge is -2.32. The van der Waals surface area contributed by atoms with Crippen LogP contribution >= 0.6 is 0 Å². The first kappa shape index (κ1) is 18.6. The van der Waals surface area contributed by atoms with Gasteiger partial charge in [-0.1, -0.05) is 0 Å². The lowest BCUT2D eigenvalue weighted by Crippen LogP contribution is -2.41. The normalized spacial score (nSPS) is 17.1. The van der Waals surface area contributed by atoms with Crippen molar-refractivity contribution in [3.05, 3.63) is 47.5 Å². The fraction of sp³-hybridized carbons (Fsp3) is 0.364. The van der Waals surface area contributed by atoms with Gasteiger partial charge in [0.05, 0.1) is 0 Å². The number of nitrogens with one attached hydrogen (secondary N) is 1. The molecule has 0 aromatic heterocycles. The van der Waals surface area contributed by atoms with Crippen molar-refractivity contribution in [3.8, 4) is 23.0 Å². The molecule has 0 radical (unpaired) electrons. The second kappa shape index (κ2) is 7.78. The molecule has 3 heterocycles. The van der Waals surface area contributed by atoms with Crippen LogP contribution < -0.4 is 24.3 Å². The van der Waals surface area contributed by atoms with E-state index in [9.17, 15) is 9.59 Å². The van der Waals surface area contributed by atoms with Crippen LogP contribution in [0.25, 0.3) is 0 Å². The second-order valence-electron chi connectivity index (χ2n) is 7.58. The molecule has 1 fully saturated rings. The molecule has 5 rings (SSSR count). The number of hydrogen-bond acceptors (Lipinski definition) is 6. The maximum atomic E-state index is 12.8. The highest BCUT2D eigenvalue weighted by Gasteiger charge is 2.26. The molecule has 8 nitrogen and oxygen atoms in total. The van der Waals surface area contributed by atoms with E-state index in [-0.39, 0.29) is 25.4 Å². The van der Waals surface area contributed by atoms with Gasteiger partial charge in [0, 0.05) is 30.8 Å². The van der Waals surface area contributed by atoms with Crippen LogP contribution in [0.3, 0.4) is 0 Å². The molecule has 1 N–H and O–H groups in total. The van der Waals surface area contributed by atoms with Gasteiger partial charge in [-0.15, -0.1) is 0 Å². The molecule has 8 heteroatoms. The number of amides is 2. The summed E-state index contributed by atoms with van der Waals surface area (Å²) >= 11 is 0. The molecule has 0 saturated carbocycles. The second-order valence-corrected chi connectivity index (χ2v) is 7.58. The van der Waals surface area contributed by atoms with Crippen LogP contribution in [0.2, 0.25) is 0 Å². The van der Waals surface area contributed by atoms with Gasteiger partial charge in [-0.3, -0.25) is 9.59 Å². The van der Waals surface area contributed by atoms with Crippen LogP contribution in [0.5, 0.6) is 23.0 Å². The number of carbonyl (C=O) groups is 2. The maximum Gasteiger partial charge on any atom is 0.253 e. The van der Waals surface area contributed by atoms with E-state index in [1.54, 1.807) is 36.4 Å². The monoisotopic (exact) mass is 410 g/mol. The SMILES string of the molecule is O=C(NCC1CCN(C(=O)c2ccc3c(c2)OCO3)CC1)c1ccc2c(c1)OCO2. The van der Waals surface area contributed by atoms with Crippen LogP contribution in [0.1, 0.15) is 33.6 Å². The van der Waals surface area contributed by atoms with Crippen molar-refractivity contribution in [2.75, 3.05) is 33.2 Å². The molecule has 2 aromatic rings. The van der Waals surface area contributed by atoms with E-state index < -0.39 is 0 Å². The Kier molecular flexibility index (Phi) is 4.82. The van der Waals surface area contributed by atoms with Gasteiger partial charge < -0.3 is 29.2 Å². The van der Waals surface area contributed by atoms with E-state index in [0.717, 1.165) is 12.8 Å². The fourth-order valence-corrected chi connectivity index (χ4v) is 3.93. The predicted octanol–water partition coefficient (Wildman–Crippen LogP) is 2.43. The third-order valence-corrected chi connectivity index (χ3v) is 5.71. The van der Waals surface area contributed by atoms with Crippen LogP contribution in [0.15, 0.2) is 36.4 Å². The van der Waals surface area contributed by atoms with Crippen LogP contribution in [0.4, 0.5) is 0 Å². The summed E-state index contributed by atoms with van der Waals surface area (Å²) in [4.78, 5) is 27.1. The average Bonchev–Trinajstić information content (AvgIpc) is 3.45. The van der Waals surface area contributed by atoms with E-state index in [1.807, 2.05) is 4.90 Å². The summed E-state index contributed by atoms with van der Waals surface area (Å²) in [5.41, 5.74) is 1.16. The van der Waals surface area contributed by atoms with Gasteiger partial charge in [0.15, 0.2) is 23.0 Å². The zero-order valence-electron chi connectivity index (χ0n) is 16.4. The third kappa shape index (κ3) is 3.60. The zero-order valence-corrected chi connectivity index (χ0v) is 16.4. The van der Waals surface area contributed by atoms with Crippen molar-refractivity contribution < 1.29 is 28.5 Å². The Morgan fingerprint density at radius 2 is 1.40 bits per heavy atom. The standard InChI is InChI=1S/C22H22N2O6/c25-21(15-1-3-17-19(9-15)29-12-27-17)23-11-14-5-7-24(8-6-14)22(26)16-2-4-18-20(10-16)30-13-28-18/h1-4,9-10,14H,5-8,11-13H2,(H,23,25). The molecule has 30 heavy (non-hydrogen) atoms. The van der Waals surface area contributed by atoms with Crippen molar-refractivity contribution in [2.45, 2.75) is 12.8 Å². The molecule has 156 valence electrons. The van der Waals surface area contributed by atoms with Gasteiger partial charge >= 0.3 is 0 Å². The number of likely N-dealkylation sites (tertiary alicyclic amines) is 1. The van der Waals surface area contributed by atoms with E-state index in [1.165, 1.54) is 0 Å². The molecule has 1 saturated heterocycles. The third-order valence-electron chi connectivity index (χ3n) is 5.71. The summed E-state index contributed by atoms with van der Waals surface area (Å²) < 4.78 is 21.3. The highest BCUT2D eigenvalue weighted by atomic mass is 16.7. The van der Waals surface area contributed by atoms with Crippen molar-refractivity contribution in [2.24, 2.45) is 5.92 Å². The summed E-state index contributed by atoms with van der Waals surface area (Å²) in [7, 11) is 0. The van der Waals surface area contributed by atoms with E-state index in [4.69, 9.17) is 18.9 Å². The predicted molar refractivity (Wildman–Crippen MR) is 106 cm³/mol. The summed E-state index contributed by atoms with van der Waals surface area (Å²) in [5, 5.41) is 2.99. The van der Waals surface area contributed by atoms with Crippen molar-refractivity contribution >= 4 is 11.8 Å². The Morgan fingerprint density at radius 3 is 2.07 bits per heavy atom. The highest BCUT2D eigenvalue weighted by Crippen LogP contribution is 2.34. The molecular weight excluding hydrogens is 388 g/mol. The minimum Gasteiger partial charge on any atom is -0.454 e. The Morgan fingerprint density at radius 1 is 0.833 bits per heavy atom. The number of carbonyl (C=O) groups excluding carboxylic acids is 2. The minimum atomic E-state index is -0.132. The molecular formula is C22H22N2O6. The quantitative estimate of drug-likeness (QED) is 0.833. The number of nitrogens with zero attached hydrogens (tertiary/aromatic N) is 1. The molecule has 0 atom stereocenters. The van der Waals surface area contributed by atoms with Crippen LogP contribution in [0, 0.1) is 5.92 Å². The first-order valence-corrected chi connectivity index (χ1v) is 10.0. The summed E-state index contributed by atoms with van der Waals surface area (Å²) in [6.07, 6.45) is 1.69. The number of piperidine rings is 1. The number of ether oxygens (including phenoxy) is 4. The van der Waals surface area contributed by atoms with Gasteiger partial charge in [0.2, 0.25) is 13.6 Å². The molecule has 0 bridgehead atoms. The topological polar surface area (TPSA) is 86.3 Å². The first-order chi connectivity index (χ1) is 14.7. The highest BCUT2D eigenvalue weighted by molar-refractivity contribution is 5.95. The number of fused-ring (bicyclic) bond motifs is 2. The maximum absolute atomic E-state index is 12.8. The van der Waals surface area contributed by atoms with Gasteiger partial charge in [-0.2, -0.15) is 0 Å². The largest absolute Gasteiger partial charge is 0.454 e. The van der Waals surface area contributed by atoms with E-state index in [0.29, 0.717) is 59.7 Å². The first-order valence-electron chi connectivity index (χ1n) is 10.0. The molecule has 0 aliphatic carbocycles. The number of rotatable bonds is 4. The summed E-state index contributed by atoms with van der Waals surface area (Å²) in [5.74, 6) is 2.74. The van der Waals surface area contributed by atoms with Crippen LogP contribution in [-0.4, -0.2) is 49.9 Å². The molecule has 3 aliphatic heterocycles. The van der Waals surface area contributed by atoms with Crippen molar-refractivity contribution in [3.63, 3.8) is 0 Å². The molecule has 0 spiro atoms. The molecule has 2 amide bonds. The van der Waals surface area contributed by atoms with Gasteiger partial charge in [-0.25, -0.2) is 0 Å². The number of benzene rings is 2. The van der Waals surface area contributed by atoms with E-state index >= 15 is 0 Å². The van der Waals surface area contributed by atoms with Gasteiger partial charge in [0.25, 0.3) is 11.8 Å². The Hall–Kier alpha value is -3.42. The van der Waals surface area contributed by atoms with Gasteiger partial charge in [0.1, 0.15) is 0 Å². The average molecular weight is 410 g/mol. The molecule has 3 aliphatic rings. The summed E-state index contributed by atoms with van der Waals surface area (Å²) in [6.45, 7) is 2.29. The van der Waals surface area contributed by atoms with Crippen LogP contribution in [-0.2, 0) is 0 Å². The molecule has 0 unspecified atom stereocenters.